The number of anilines is 1. The topological polar surface area (TPSA) is 29.5 Å². The number of amides is 1. The number of nitrogens with zero attached hydrogens (tertiary/aromatic N) is 1. The molecule has 1 heterocycles. The van der Waals surface area contributed by atoms with Gasteiger partial charge in [0.15, 0.2) is 0 Å². The van der Waals surface area contributed by atoms with Crippen molar-refractivity contribution in [3.8, 4) is 5.75 Å². The first-order valence-electron chi connectivity index (χ1n) is 4.76. The van der Waals surface area contributed by atoms with Gasteiger partial charge in [-0.05, 0) is 46.7 Å². The molecule has 0 aromatic heterocycles. The minimum Gasteiger partial charge on any atom is -0.496 e. The number of benzene rings is 1. The third kappa shape index (κ3) is 1.82. The zero-order chi connectivity index (χ0) is 11.0. The van der Waals surface area contributed by atoms with Crippen LogP contribution < -0.4 is 9.64 Å². The fourth-order valence-electron chi connectivity index (χ4n) is 1.80. The number of ether oxygens (including phenoxy) is 1. The zero-order valence-electron chi connectivity index (χ0n) is 8.71. The van der Waals surface area contributed by atoms with Crippen molar-refractivity contribution in [3.05, 3.63) is 21.3 Å². The number of carbonyl (C=O) groups excluding carboxylic acids is 1. The summed E-state index contributed by atoms with van der Waals surface area (Å²) < 4.78 is 6.30. The molecule has 0 spiro atoms. The molecule has 4 heteroatoms. The predicted molar refractivity (Wildman–Crippen MR) is 67.4 cm³/mol. The number of hydrogen-bond donors (Lipinski definition) is 0. The van der Waals surface area contributed by atoms with Gasteiger partial charge in [-0.25, -0.2) is 0 Å². The molecule has 1 aliphatic rings. The molecule has 0 saturated heterocycles. The van der Waals surface area contributed by atoms with Gasteiger partial charge in [-0.3, -0.25) is 4.79 Å². The molecule has 15 heavy (non-hydrogen) atoms. The number of rotatable bonds is 1. The maximum atomic E-state index is 11.5. The molecule has 1 aliphatic heterocycles. The van der Waals surface area contributed by atoms with E-state index in [9.17, 15) is 4.79 Å². The number of fused-ring (bicyclic) bond motifs is 1. The van der Waals surface area contributed by atoms with Gasteiger partial charge < -0.3 is 9.64 Å². The summed E-state index contributed by atoms with van der Waals surface area (Å²) in [5.41, 5.74) is 2.20. The molecule has 1 aromatic carbocycles. The maximum absolute atomic E-state index is 11.5. The van der Waals surface area contributed by atoms with Gasteiger partial charge in [-0.1, -0.05) is 0 Å². The van der Waals surface area contributed by atoms with E-state index in [-0.39, 0.29) is 5.91 Å². The molecule has 0 saturated carbocycles. The number of carbonyl (C=O) groups is 1. The summed E-state index contributed by atoms with van der Waals surface area (Å²) >= 11 is 2.22. The normalized spacial score (nSPS) is 15.1. The second-order valence-corrected chi connectivity index (χ2v) is 4.73. The molecular formula is C11H12INO2. The van der Waals surface area contributed by atoms with Crippen LogP contribution >= 0.6 is 22.6 Å². The van der Waals surface area contributed by atoms with Crippen LogP contribution in [0.25, 0.3) is 0 Å². The lowest BCUT2D eigenvalue weighted by Gasteiger charge is -2.26. The molecule has 0 aliphatic carbocycles. The predicted octanol–water partition coefficient (Wildman–Crippen LogP) is 2.21. The lowest BCUT2D eigenvalue weighted by molar-refractivity contribution is -0.118. The minimum atomic E-state index is 0.184. The summed E-state index contributed by atoms with van der Waals surface area (Å²) in [5.74, 6) is 1.07. The number of methoxy groups -OCH3 is 1. The van der Waals surface area contributed by atoms with E-state index in [1.807, 2.05) is 19.2 Å². The molecule has 2 rings (SSSR count). The average Bonchev–Trinajstić information content (AvgIpc) is 2.24. The van der Waals surface area contributed by atoms with E-state index in [0.717, 1.165) is 21.4 Å². The summed E-state index contributed by atoms with van der Waals surface area (Å²) in [7, 11) is 3.49. The van der Waals surface area contributed by atoms with Gasteiger partial charge in [0.25, 0.3) is 0 Å². The van der Waals surface area contributed by atoms with Crippen LogP contribution in [0.5, 0.6) is 5.75 Å². The Labute approximate surface area is 103 Å². The van der Waals surface area contributed by atoms with Crippen LogP contribution in [0.3, 0.4) is 0 Å². The van der Waals surface area contributed by atoms with E-state index in [1.165, 1.54) is 5.56 Å². The van der Waals surface area contributed by atoms with Crippen LogP contribution in [0.1, 0.15) is 12.0 Å². The van der Waals surface area contributed by atoms with Crippen molar-refractivity contribution < 1.29 is 9.53 Å². The van der Waals surface area contributed by atoms with E-state index in [0.29, 0.717) is 6.42 Å². The van der Waals surface area contributed by atoms with Crippen molar-refractivity contribution in [1.29, 1.82) is 0 Å². The van der Waals surface area contributed by atoms with Crippen LogP contribution in [0.4, 0.5) is 5.69 Å². The first-order chi connectivity index (χ1) is 7.13. The van der Waals surface area contributed by atoms with Gasteiger partial charge in [0.2, 0.25) is 5.91 Å². The van der Waals surface area contributed by atoms with Gasteiger partial charge in [-0.15, -0.1) is 0 Å². The van der Waals surface area contributed by atoms with E-state index >= 15 is 0 Å². The van der Waals surface area contributed by atoms with Crippen molar-refractivity contribution in [2.75, 3.05) is 19.1 Å². The van der Waals surface area contributed by atoms with Crippen molar-refractivity contribution in [2.24, 2.45) is 0 Å². The fraction of sp³-hybridized carbons (Fsp3) is 0.364. The smallest absolute Gasteiger partial charge is 0.227 e. The minimum absolute atomic E-state index is 0.184. The quantitative estimate of drug-likeness (QED) is 0.743. The van der Waals surface area contributed by atoms with Crippen molar-refractivity contribution >= 4 is 34.2 Å². The molecule has 3 nitrogen and oxygen atoms in total. The summed E-state index contributed by atoms with van der Waals surface area (Å²) in [6.07, 6.45) is 1.40. The first kappa shape index (κ1) is 10.7. The number of halogens is 1. The monoisotopic (exact) mass is 317 g/mol. The maximum Gasteiger partial charge on any atom is 0.227 e. The van der Waals surface area contributed by atoms with E-state index in [2.05, 4.69) is 22.6 Å². The first-order valence-corrected chi connectivity index (χ1v) is 5.84. The van der Waals surface area contributed by atoms with Gasteiger partial charge >= 0.3 is 0 Å². The van der Waals surface area contributed by atoms with Crippen molar-refractivity contribution in [2.45, 2.75) is 12.8 Å². The molecule has 0 bridgehead atoms. The third-order valence-electron chi connectivity index (χ3n) is 2.70. The summed E-state index contributed by atoms with van der Waals surface area (Å²) in [6.45, 7) is 0. The highest BCUT2D eigenvalue weighted by molar-refractivity contribution is 14.1. The molecule has 0 N–H and O–H groups in total. The molecule has 0 radical (unpaired) electrons. The Hall–Kier alpha value is -0.780. The molecule has 1 amide bonds. The Balaban J connectivity index is 2.52. The lowest BCUT2D eigenvalue weighted by atomic mass is 10.0. The molecule has 1 aromatic rings. The Bertz CT molecular complexity index is 417. The second-order valence-electron chi connectivity index (χ2n) is 3.57. The highest BCUT2D eigenvalue weighted by Crippen LogP contribution is 2.33. The zero-order valence-corrected chi connectivity index (χ0v) is 10.9. The number of aryl methyl sites for hydroxylation is 1. The van der Waals surface area contributed by atoms with Crippen LogP contribution in [0.2, 0.25) is 0 Å². The molecule has 0 atom stereocenters. The summed E-state index contributed by atoms with van der Waals surface area (Å²) in [6, 6.07) is 4.03. The lowest BCUT2D eigenvalue weighted by Crippen LogP contribution is -2.31. The Morgan fingerprint density at radius 3 is 2.80 bits per heavy atom. The highest BCUT2D eigenvalue weighted by Gasteiger charge is 2.22. The van der Waals surface area contributed by atoms with Crippen LogP contribution in [-0.2, 0) is 11.2 Å². The molecular weight excluding hydrogens is 305 g/mol. The van der Waals surface area contributed by atoms with Crippen molar-refractivity contribution in [3.63, 3.8) is 0 Å². The molecule has 80 valence electrons. The van der Waals surface area contributed by atoms with Gasteiger partial charge in [0.1, 0.15) is 5.75 Å². The van der Waals surface area contributed by atoms with Gasteiger partial charge in [0.05, 0.1) is 10.7 Å². The highest BCUT2D eigenvalue weighted by atomic mass is 127. The Morgan fingerprint density at radius 2 is 2.13 bits per heavy atom. The van der Waals surface area contributed by atoms with Gasteiger partial charge in [0, 0.05) is 19.2 Å². The van der Waals surface area contributed by atoms with E-state index < -0.39 is 0 Å². The van der Waals surface area contributed by atoms with Crippen molar-refractivity contribution in [1.82, 2.24) is 0 Å². The number of hydrogen-bond acceptors (Lipinski definition) is 2. The van der Waals surface area contributed by atoms with E-state index in [4.69, 9.17) is 4.74 Å². The Kier molecular flexibility index (Phi) is 2.86. The van der Waals surface area contributed by atoms with E-state index in [1.54, 1.807) is 12.0 Å². The molecule has 0 unspecified atom stereocenters. The Morgan fingerprint density at radius 1 is 1.40 bits per heavy atom. The standard InChI is InChI=1S/C11H12INO2/c1-13-9-6-8(12)10(15-2)5-7(9)3-4-11(13)14/h5-6H,3-4H2,1-2H3. The van der Waals surface area contributed by atoms with Gasteiger partial charge in [-0.2, -0.15) is 0 Å². The third-order valence-corrected chi connectivity index (χ3v) is 3.54. The largest absolute Gasteiger partial charge is 0.496 e. The summed E-state index contributed by atoms with van der Waals surface area (Å²) in [5, 5.41) is 0. The van der Waals surface area contributed by atoms with Crippen LogP contribution in [0, 0.1) is 3.57 Å². The summed E-state index contributed by atoms with van der Waals surface area (Å²) in [4.78, 5) is 13.2. The van der Waals surface area contributed by atoms with Crippen LogP contribution in [-0.4, -0.2) is 20.1 Å². The van der Waals surface area contributed by atoms with Crippen LogP contribution in [0.15, 0.2) is 12.1 Å². The average molecular weight is 317 g/mol. The molecule has 0 fully saturated rings. The fourth-order valence-corrected chi connectivity index (χ4v) is 2.47. The second kappa shape index (κ2) is 4.00. The SMILES string of the molecule is COc1cc2c(cc1I)N(C)C(=O)CC2.